The average molecular weight is 534 g/mol. The molecule has 0 bridgehead atoms. The van der Waals surface area contributed by atoms with Crippen LogP contribution in [-0.4, -0.2) is 73.5 Å². The average Bonchev–Trinajstić information content (AvgIpc) is 2.70. The van der Waals surface area contributed by atoms with Crippen molar-refractivity contribution in [2.75, 3.05) is 59.5 Å². The summed E-state index contributed by atoms with van der Waals surface area (Å²) in [6.45, 7) is 4.06. The molecule has 0 fully saturated rings. The molecule has 0 aliphatic rings. The van der Waals surface area contributed by atoms with E-state index in [0.717, 1.165) is 6.42 Å². The van der Waals surface area contributed by atoms with E-state index in [9.17, 15) is 0 Å². The molecule has 2 N–H and O–H groups in total. The third kappa shape index (κ3) is 24.9. The highest BCUT2D eigenvalue weighted by Crippen LogP contribution is 2.22. The van der Waals surface area contributed by atoms with E-state index in [4.69, 9.17) is 28.6 Å². The molecular formula is C19H40BIO6S. The maximum absolute atomic E-state index is 8.73. The smallest absolute Gasteiger partial charge is 0.316 e. The molecule has 0 heterocycles. The van der Waals surface area contributed by atoms with Crippen LogP contribution in [-0.2, 0) is 18.4 Å². The highest BCUT2D eigenvalue weighted by Gasteiger charge is 2.10. The monoisotopic (exact) mass is 534 g/mol. The van der Waals surface area contributed by atoms with Gasteiger partial charge in [-0.05, 0) is 6.42 Å². The predicted octanol–water partition coefficient (Wildman–Crippen LogP) is 4.12. The van der Waals surface area contributed by atoms with Crippen molar-refractivity contribution in [3.8, 4) is 0 Å². The van der Waals surface area contributed by atoms with Gasteiger partial charge < -0.3 is 28.6 Å². The molecule has 0 aromatic rings. The fourth-order valence-electron chi connectivity index (χ4n) is 2.52. The Morgan fingerprint density at radius 1 is 0.571 bits per heavy atom. The Morgan fingerprint density at radius 3 is 1.57 bits per heavy atom. The first kappa shape index (κ1) is 28.9. The molecule has 28 heavy (non-hydrogen) atoms. The van der Waals surface area contributed by atoms with Crippen LogP contribution in [0.15, 0.2) is 0 Å². The third-order valence-corrected chi connectivity index (χ3v) is 6.05. The molecule has 0 spiro atoms. The van der Waals surface area contributed by atoms with Gasteiger partial charge in [0.25, 0.3) is 0 Å². The van der Waals surface area contributed by atoms with Crippen molar-refractivity contribution in [3.05, 3.63) is 0 Å². The predicted molar refractivity (Wildman–Crippen MR) is 126 cm³/mol. The summed E-state index contributed by atoms with van der Waals surface area (Å²) in [5.41, 5.74) is 0. The van der Waals surface area contributed by atoms with Crippen LogP contribution in [0, 0.1) is 0 Å². The van der Waals surface area contributed by atoms with Crippen LogP contribution in [0.3, 0.4) is 0 Å². The molecule has 0 saturated heterocycles. The number of aliphatic hydroxyl groups is 2. The van der Waals surface area contributed by atoms with Gasteiger partial charge in [-0.2, -0.15) is 0 Å². The lowest BCUT2D eigenvalue weighted by Crippen LogP contribution is -2.12. The maximum Gasteiger partial charge on any atom is 0.316 e. The second-order valence-corrected chi connectivity index (χ2v) is 9.93. The first-order chi connectivity index (χ1) is 13.8. The molecule has 0 aliphatic carbocycles. The maximum atomic E-state index is 8.73. The quantitative estimate of drug-likeness (QED) is 0.0836. The Bertz CT molecular complexity index is 295. The molecule has 6 nitrogen and oxygen atoms in total. The molecule has 0 amide bonds. The molecule has 0 aromatic heterocycles. The highest BCUT2D eigenvalue weighted by atomic mass is 127. The Labute approximate surface area is 189 Å². The summed E-state index contributed by atoms with van der Waals surface area (Å²) in [5, 5.41) is 17.3. The standard InChI is InChI=1S/C19H40BIO6S/c21-20(10-8-6-4-2-1-3-5-7-9-11-22)28-27-19-18-26-17-16-25-15-14-24-13-12-23/h22-23H,1-19H2. The largest absolute Gasteiger partial charge is 0.396 e. The lowest BCUT2D eigenvalue weighted by Gasteiger charge is -2.08. The number of ether oxygens (including phenoxy) is 3. The first-order valence-corrected chi connectivity index (χ1v) is 12.7. The number of hydrogen-bond donors (Lipinski definition) is 2. The molecule has 9 heteroatoms. The molecule has 168 valence electrons. The molecule has 0 aliphatic heterocycles. The van der Waals surface area contributed by atoms with E-state index in [1.54, 1.807) is 11.9 Å². The van der Waals surface area contributed by atoms with Crippen molar-refractivity contribution >= 4 is 38.1 Å². The number of aliphatic hydroxyl groups excluding tert-OH is 2. The Morgan fingerprint density at radius 2 is 1.04 bits per heavy atom. The van der Waals surface area contributed by atoms with Crippen LogP contribution in [0.4, 0.5) is 0 Å². The zero-order valence-corrected chi connectivity index (χ0v) is 20.3. The van der Waals surface area contributed by atoms with Gasteiger partial charge in [-0.3, -0.25) is 0 Å². The van der Waals surface area contributed by atoms with Crippen molar-refractivity contribution in [3.63, 3.8) is 0 Å². The lowest BCUT2D eigenvalue weighted by atomic mass is 9.96. The van der Waals surface area contributed by atoms with Crippen LogP contribution >= 0.6 is 34.3 Å². The fourth-order valence-corrected chi connectivity index (χ4v) is 3.98. The second-order valence-electron chi connectivity index (χ2n) is 6.58. The van der Waals surface area contributed by atoms with Gasteiger partial charge in [0.2, 0.25) is 0 Å². The Hall–Kier alpha value is 0.905. The van der Waals surface area contributed by atoms with Crippen LogP contribution < -0.4 is 0 Å². The third-order valence-electron chi connectivity index (χ3n) is 4.05. The fraction of sp³-hybridized carbons (Fsp3) is 1.00. The van der Waals surface area contributed by atoms with Crippen molar-refractivity contribution in [1.82, 2.24) is 0 Å². The van der Waals surface area contributed by atoms with Crippen molar-refractivity contribution in [2.24, 2.45) is 0 Å². The minimum Gasteiger partial charge on any atom is -0.396 e. The summed E-state index contributed by atoms with van der Waals surface area (Å²) in [4.78, 5) is 0. The van der Waals surface area contributed by atoms with E-state index in [1.165, 1.54) is 57.7 Å². The second kappa shape index (κ2) is 25.9. The molecule has 0 aromatic carbocycles. The normalized spacial score (nSPS) is 11.2. The van der Waals surface area contributed by atoms with E-state index in [1.807, 2.05) is 0 Å². The Balaban J connectivity index is 3.12. The van der Waals surface area contributed by atoms with Gasteiger partial charge in [0.15, 0.2) is 0 Å². The van der Waals surface area contributed by atoms with Gasteiger partial charge in [0.05, 0.1) is 52.9 Å². The zero-order chi connectivity index (χ0) is 20.5. The Kier molecular flexibility index (Phi) is 26.8. The van der Waals surface area contributed by atoms with E-state index < -0.39 is 0 Å². The molecule has 0 atom stereocenters. The minimum atomic E-state index is 0.0481. The summed E-state index contributed by atoms with van der Waals surface area (Å²) in [6, 6.07) is 0. The van der Waals surface area contributed by atoms with Crippen molar-refractivity contribution < 1.29 is 28.6 Å². The van der Waals surface area contributed by atoms with Crippen molar-refractivity contribution in [2.45, 2.75) is 64.1 Å². The summed E-state index contributed by atoms with van der Waals surface area (Å²) >= 11 is 4.00. The lowest BCUT2D eigenvalue weighted by molar-refractivity contribution is 0.00448. The van der Waals surface area contributed by atoms with Gasteiger partial charge in [0.1, 0.15) is 0 Å². The van der Waals surface area contributed by atoms with Gasteiger partial charge in [-0.1, -0.05) is 69.6 Å². The van der Waals surface area contributed by atoms with Crippen molar-refractivity contribution in [1.29, 1.82) is 0 Å². The first-order valence-electron chi connectivity index (χ1n) is 10.7. The van der Waals surface area contributed by atoms with Crippen LogP contribution in [0.25, 0.3) is 0 Å². The van der Waals surface area contributed by atoms with Gasteiger partial charge >= 0.3 is 3.85 Å². The van der Waals surface area contributed by atoms with Gasteiger partial charge in [0, 0.05) is 6.61 Å². The van der Waals surface area contributed by atoms with E-state index in [2.05, 4.69) is 22.4 Å². The van der Waals surface area contributed by atoms with Gasteiger partial charge in [-0.25, -0.2) is 0 Å². The zero-order valence-electron chi connectivity index (χ0n) is 17.3. The summed E-state index contributed by atoms with van der Waals surface area (Å²) in [5.74, 6) is 0. The topological polar surface area (TPSA) is 77.4 Å². The molecule has 0 saturated carbocycles. The molecular weight excluding hydrogens is 494 g/mol. The number of unbranched alkanes of at least 4 members (excludes halogenated alkanes) is 8. The van der Waals surface area contributed by atoms with Crippen LogP contribution in [0.5, 0.6) is 0 Å². The van der Waals surface area contributed by atoms with E-state index in [0.29, 0.717) is 56.7 Å². The minimum absolute atomic E-state index is 0.0481. The summed E-state index contributed by atoms with van der Waals surface area (Å²) in [7, 11) is 0. The number of hydrogen-bond acceptors (Lipinski definition) is 7. The van der Waals surface area contributed by atoms with Crippen LogP contribution in [0.1, 0.15) is 57.8 Å². The molecule has 0 unspecified atom stereocenters. The molecule has 0 radical (unpaired) electrons. The highest BCUT2D eigenvalue weighted by molar-refractivity contribution is 14.1. The SMILES string of the molecule is OCCCCCCCCCCCB(I)SOCCOCCOCCOCCO. The number of halogens is 1. The van der Waals surface area contributed by atoms with E-state index >= 15 is 0 Å². The summed E-state index contributed by atoms with van der Waals surface area (Å²) in [6.07, 6.45) is 12.5. The van der Waals surface area contributed by atoms with Crippen LogP contribution in [0.2, 0.25) is 6.32 Å². The summed E-state index contributed by atoms with van der Waals surface area (Å²) < 4.78 is 22.0. The van der Waals surface area contributed by atoms with E-state index in [-0.39, 0.29) is 6.61 Å². The number of rotatable bonds is 24. The molecule has 0 rings (SSSR count). The van der Waals surface area contributed by atoms with Gasteiger partial charge in [-0.15, -0.1) is 22.4 Å².